The predicted octanol–water partition coefficient (Wildman–Crippen LogP) is 3.93. The molecule has 0 heterocycles. The van der Waals surface area contributed by atoms with Gasteiger partial charge in [0.15, 0.2) is 0 Å². The van der Waals surface area contributed by atoms with Gasteiger partial charge in [0.05, 0.1) is 0 Å². The minimum atomic E-state index is -0.0504. The van der Waals surface area contributed by atoms with Gasteiger partial charge in [-0.3, -0.25) is 0 Å². The molecule has 0 N–H and O–H groups in total. The van der Waals surface area contributed by atoms with Crippen molar-refractivity contribution in [1.82, 2.24) is 0 Å². The summed E-state index contributed by atoms with van der Waals surface area (Å²) in [6.45, 7) is 0. The Morgan fingerprint density at radius 2 is 2.07 bits per heavy atom. The van der Waals surface area contributed by atoms with Gasteiger partial charge in [-0.05, 0) is 43.2 Å². The van der Waals surface area contributed by atoms with Crippen LogP contribution in [0, 0.1) is 11.7 Å². The number of hydrogen-bond acceptors (Lipinski definition) is 0. The third-order valence-corrected chi connectivity index (χ3v) is 3.78. The van der Waals surface area contributed by atoms with E-state index >= 15 is 0 Å². The summed E-state index contributed by atoms with van der Waals surface area (Å²) in [5.41, 5.74) is 0.874. The molecule has 2 unspecified atom stereocenters. The lowest BCUT2D eigenvalue weighted by Crippen LogP contribution is -2.02. The van der Waals surface area contributed by atoms with Crippen LogP contribution in [0.25, 0.3) is 0 Å². The molecule has 14 heavy (non-hydrogen) atoms. The standard InChI is InChI=1S/C12H14BrF/c13-11-6-5-9(8-11)7-10-3-1-2-4-12(10)14/h1-4,9,11H,5-8H2. The molecule has 2 atom stereocenters. The zero-order valence-corrected chi connectivity index (χ0v) is 9.63. The largest absolute Gasteiger partial charge is 0.207 e. The molecule has 1 aliphatic carbocycles. The first-order valence-electron chi connectivity index (χ1n) is 5.13. The first kappa shape index (κ1) is 10.2. The van der Waals surface area contributed by atoms with Crippen molar-refractivity contribution >= 4 is 15.9 Å². The van der Waals surface area contributed by atoms with Gasteiger partial charge in [0, 0.05) is 4.83 Å². The molecule has 0 bridgehead atoms. The second-order valence-corrected chi connectivity index (χ2v) is 5.37. The normalized spacial score (nSPS) is 26.7. The molecule has 1 aliphatic rings. The van der Waals surface area contributed by atoms with Gasteiger partial charge in [0.1, 0.15) is 5.82 Å². The van der Waals surface area contributed by atoms with Crippen molar-refractivity contribution in [3.63, 3.8) is 0 Å². The molecular formula is C12H14BrF. The summed E-state index contributed by atoms with van der Waals surface area (Å²) in [5.74, 6) is 0.613. The molecule has 1 aromatic rings. The van der Waals surface area contributed by atoms with E-state index in [-0.39, 0.29) is 5.82 Å². The lowest BCUT2D eigenvalue weighted by Gasteiger charge is -2.09. The van der Waals surface area contributed by atoms with Crippen molar-refractivity contribution in [2.75, 3.05) is 0 Å². The molecule has 0 aliphatic heterocycles. The van der Waals surface area contributed by atoms with Crippen LogP contribution in [0.15, 0.2) is 24.3 Å². The molecule has 0 nitrogen and oxygen atoms in total. The maximum atomic E-state index is 13.3. The van der Waals surface area contributed by atoms with Gasteiger partial charge in [-0.15, -0.1) is 0 Å². The van der Waals surface area contributed by atoms with Crippen LogP contribution in [-0.4, -0.2) is 4.83 Å². The van der Waals surface area contributed by atoms with Crippen molar-refractivity contribution in [2.45, 2.75) is 30.5 Å². The van der Waals surface area contributed by atoms with Crippen molar-refractivity contribution in [3.05, 3.63) is 35.6 Å². The topological polar surface area (TPSA) is 0 Å². The molecule has 2 rings (SSSR count). The molecule has 76 valence electrons. The maximum absolute atomic E-state index is 13.3. The molecule has 2 heteroatoms. The number of rotatable bonds is 2. The van der Waals surface area contributed by atoms with Crippen molar-refractivity contribution in [2.24, 2.45) is 5.92 Å². The molecule has 0 amide bonds. The van der Waals surface area contributed by atoms with E-state index in [1.54, 1.807) is 12.1 Å². The van der Waals surface area contributed by atoms with Gasteiger partial charge >= 0.3 is 0 Å². The van der Waals surface area contributed by atoms with Crippen LogP contribution in [0.3, 0.4) is 0 Å². The van der Waals surface area contributed by atoms with Crippen molar-refractivity contribution < 1.29 is 4.39 Å². The summed E-state index contributed by atoms with van der Waals surface area (Å²) in [6, 6.07) is 7.12. The van der Waals surface area contributed by atoms with Crippen LogP contribution >= 0.6 is 15.9 Å². The molecule has 1 aromatic carbocycles. The highest BCUT2D eigenvalue weighted by molar-refractivity contribution is 9.09. The summed E-state index contributed by atoms with van der Waals surface area (Å²) >= 11 is 3.62. The van der Waals surface area contributed by atoms with E-state index in [1.165, 1.54) is 19.3 Å². The molecule has 0 aromatic heterocycles. The predicted molar refractivity (Wildman–Crippen MR) is 60.2 cm³/mol. The Kier molecular flexibility index (Phi) is 3.22. The average molecular weight is 257 g/mol. The molecule has 1 fully saturated rings. The monoisotopic (exact) mass is 256 g/mol. The fraction of sp³-hybridized carbons (Fsp3) is 0.500. The molecule has 0 radical (unpaired) electrons. The van der Waals surface area contributed by atoms with Gasteiger partial charge in [0.25, 0.3) is 0 Å². The van der Waals surface area contributed by atoms with E-state index in [2.05, 4.69) is 15.9 Å². The Morgan fingerprint density at radius 1 is 1.29 bits per heavy atom. The molecular weight excluding hydrogens is 243 g/mol. The van der Waals surface area contributed by atoms with Crippen LogP contribution in [0.5, 0.6) is 0 Å². The van der Waals surface area contributed by atoms with Crippen LogP contribution in [0.1, 0.15) is 24.8 Å². The Balaban J connectivity index is 2.01. The first-order chi connectivity index (χ1) is 6.75. The first-order valence-corrected chi connectivity index (χ1v) is 6.05. The zero-order chi connectivity index (χ0) is 9.97. The fourth-order valence-electron chi connectivity index (χ4n) is 2.17. The van der Waals surface area contributed by atoms with E-state index in [1.807, 2.05) is 12.1 Å². The van der Waals surface area contributed by atoms with Gasteiger partial charge in [-0.1, -0.05) is 34.1 Å². The number of halogens is 2. The molecule has 0 spiro atoms. The summed E-state index contributed by atoms with van der Waals surface area (Å²) < 4.78 is 13.3. The Morgan fingerprint density at radius 3 is 2.71 bits per heavy atom. The SMILES string of the molecule is Fc1ccccc1CC1CCC(Br)C1. The van der Waals surface area contributed by atoms with E-state index in [0.29, 0.717) is 10.7 Å². The van der Waals surface area contributed by atoms with Crippen LogP contribution in [0.2, 0.25) is 0 Å². The Labute approximate surface area is 92.6 Å². The van der Waals surface area contributed by atoms with Gasteiger partial charge in [-0.2, -0.15) is 0 Å². The Bertz CT molecular complexity index is 311. The van der Waals surface area contributed by atoms with Crippen LogP contribution < -0.4 is 0 Å². The van der Waals surface area contributed by atoms with Gasteiger partial charge in [-0.25, -0.2) is 4.39 Å². The lowest BCUT2D eigenvalue weighted by atomic mass is 9.98. The second-order valence-electron chi connectivity index (χ2n) is 4.07. The summed E-state index contributed by atoms with van der Waals surface area (Å²) in [5, 5.41) is 0. The fourth-order valence-corrected chi connectivity index (χ4v) is 2.97. The third kappa shape index (κ3) is 2.35. The summed E-state index contributed by atoms with van der Waals surface area (Å²) in [7, 11) is 0. The lowest BCUT2D eigenvalue weighted by molar-refractivity contribution is 0.522. The summed E-state index contributed by atoms with van der Waals surface area (Å²) in [4.78, 5) is 0.652. The zero-order valence-electron chi connectivity index (χ0n) is 8.05. The Hall–Kier alpha value is -0.370. The van der Waals surface area contributed by atoms with Crippen molar-refractivity contribution in [1.29, 1.82) is 0 Å². The maximum Gasteiger partial charge on any atom is 0.126 e. The van der Waals surface area contributed by atoms with E-state index in [9.17, 15) is 4.39 Å². The highest BCUT2D eigenvalue weighted by atomic mass is 79.9. The van der Waals surface area contributed by atoms with Gasteiger partial charge in [0.2, 0.25) is 0 Å². The second kappa shape index (κ2) is 4.43. The van der Waals surface area contributed by atoms with Crippen molar-refractivity contribution in [3.8, 4) is 0 Å². The number of hydrogen-bond donors (Lipinski definition) is 0. The number of alkyl halides is 1. The molecule has 0 saturated heterocycles. The average Bonchev–Trinajstić information content (AvgIpc) is 2.56. The highest BCUT2D eigenvalue weighted by Crippen LogP contribution is 2.33. The van der Waals surface area contributed by atoms with Crippen LogP contribution in [-0.2, 0) is 6.42 Å². The van der Waals surface area contributed by atoms with Crippen LogP contribution in [0.4, 0.5) is 4.39 Å². The minimum Gasteiger partial charge on any atom is -0.207 e. The smallest absolute Gasteiger partial charge is 0.126 e. The quantitative estimate of drug-likeness (QED) is 0.704. The number of benzene rings is 1. The van der Waals surface area contributed by atoms with E-state index in [4.69, 9.17) is 0 Å². The third-order valence-electron chi connectivity index (χ3n) is 2.94. The van der Waals surface area contributed by atoms with Gasteiger partial charge < -0.3 is 0 Å². The molecule has 1 saturated carbocycles. The van der Waals surface area contributed by atoms with E-state index < -0.39 is 0 Å². The highest BCUT2D eigenvalue weighted by Gasteiger charge is 2.23. The summed E-state index contributed by atoms with van der Waals surface area (Å²) in [6.07, 6.45) is 4.55. The van der Waals surface area contributed by atoms with E-state index in [0.717, 1.165) is 12.0 Å². The minimum absolute atomic E-state index is 0.0504.